The first-order valence-electron chi connectivity index (χ1n) is 6.57. The second-order valence-electron chi connectivity index (χ2n) is 4.69. The molecule has 0 aliphatic heterocycles. The van der Waals surface area contributed by atoms with Crippen LogP contribution in [0.3, 0.4) is 0 Å². The topological polar surface area (TPSA) is 53.2 Å². The fourth-order valence-corrected chi connectivity index (χ4v) is 2.48. The van der Waals surface area contributed by atoms with Crippen LogP contribution in [0, 0.1) is 12.1 Å². The van der Waals surface area contributed by atoms with Gasteiger partial charge in [0.05, 0.1) is 6.61 Å². The molecule has 98 valence electrons. The highest BCUT2D eigenvalue weighted by Gasteiger charge is 2.24. The number of fused-ring (bicyclic) bond motifs is 1. The van der Waals surface area contributed by atoms with Gasteiger partial charge in [-0.2, -0.15) is 4.73 Å². The minimum absolute atomic E-state index is 0.328. The Morgan fingerprint density at radius 2 is 2.11 bits per heavy atom. The van der Waals surface area contributed by atoms with Gasteiger partial charge in [-0.05, 0) is 32.3 Å². The third-order valence-electron chi connectivity index (χ3n) is 3.48. The molecule has 0 saturated carbocycles. The van der Waals surface area contributed by atoms with Gasteiger partial charge in [0.1, 0.15) is 5.56 Å². The second-order valence-corrected chi connectivity index (χ2v) is 4.69. The van der Waals surface area contributed by atoms with Crippen LogP contribution in [0.25, 0.3) is 0 Å². The summed E-state index contributed by atoms with van der Waals surface area (Å²) >= 11 is 0. The van der Waals surface area contributed by atoms with E-state index in [4.69, 9.17) is 4.74 Å². The van der Waals surface area contributed by atoms with E-state index in [-0.39, 0.29) is 0 Å². The molecular weight excluding hydrogens is 230 g/mol. The lowest BCUT2D eigenvalue weighted by atomic mass is 10.0. The molecular formula is C14H19NO3. The van der Waals surface area contributed by atoms with Crippen molar-refractivity contribution < 1.29 is 14.3 Å². The van der Waals surface area contributed by atoms with Crippen molar-refractivity contribution in [3.8, 4) is 0 Å². The fourth-order valence-electron chi connectivity index (χ4n) is 2.48. The normalized spacial score (nSPS) is 14.8. The van der Waals surface area contributed by atoms with E-state index in [2.05, 4.69) is 0 Å². The minimum Gasteiger partial charge on any atom is -0.618 e. The third-order valence-corrected chi connectivity index (χ3v) is 3.48. The number of aryl methyl sites for hydroxylation is 1. The zero-order valence-corrected chi connectivity index (χ0v) is 11.0. The number of hydrogen-bond acceptors (Lipinski definition) is 3. The SMILES string of the molecule is CCOC(=O)c1cc2c([n+]([O-])c1C)CCCCC2. The first-order valence-corrected chi connectivity index (χ1v) is 6.57. The Kier molecular flexibility index (Phi) is 3.84. The molecule has 2 rings (SSSR count). The first kappa shape index (κ1) is 12.9. The van der Waals surface area contributed by atoms with Crippen molar-refractivity contribution >= 4 is 5.97 Å². The van der Waals surface area contributed by atoms with E-state index >= 15 is 0 Å². The molecule has 1 aliphatic carbocycles. The first-order chi connectivity index (χ1) is 8.65. The number of esters is 1. The van der Waals surface area contributed by atoms with Crippen molar-refractivity contribution in [1.82, 2.24) is 0 Å². The van der Waals surface area contributed by atoms with E-state index in [1.54, 1.807) is 13.8 Å². The number of aromatic nitrogens is 1. The molecule has 0 fully saturated rings. The van der Waals surface area contributed by atoms with Crippen molar-refractivity contribution in [2.24, 2.45) is 0 Å². The molecule has 0 radical (unpaired) electrons. The summed E-state index contributed by atoms with van der Waals surface area (Å²) in [6.45, 7) is 3.78. The van der Waals surface area contributed by atoms with Gasteiger partial charge in [0, 0.05) is 18.9 Å². The minimum atomic E-state index is -0.397. The standard InChI is InChI=1S/C14H19NO3/c1-3-18-14(16)12-9-11-7-5-4-6-8-13(11)15(17)10(12)2/h9H,3-8H2,1-2H3. The number of ether oxygens (including phenoxy) is 1. The molecule has 0 saturated heterocycles. The lowest BCUT2D eigenvalue weighted by molar-refractivity contribution is -0.621. The van der Waals surface area contributed by atoms with Crippen molar-refractivity contribution in [3.05, 3.63) is 33.8 Å². The van der Waals surface area contributed by atoms with Gasteiger partial charge in [-0.1, -0.05) is 6.42 Å². The van der Waals surface area contributed by atoms with Crippen LogP contribution in [-0.4, -0.2) is 12.6 Å². The van der Waals surface area contributed by atoms with Gasteiger partial charge in [0.2, 0.25) is 5.69 Å². The van der Waals surface area contributed by atoms with Gasteiger partial charge in [0.15, 0.2) is 5.69 Å². The Balaban J connectivity index is 2.47. The van der Waals surface area contributed by atoms with Gasteiger partial charge in [-0.3, -0.25) is 0 Å². The lowest BCUT2D eigenvalue weighted by Gasteiger charge is -2.13. The van der Waals surface area contributed by atoms with E-state index in [9.17, 15) is 10.0 Å². The van der Waals surface area contributed by atoms with Crippen LogP contribution in [0.5, 0.6) is 0 Å². The number of hydrogen-bond donors (Lipinski definition) is 0. The number of carbonyl (C=O) groups is 1. The number of pyridine rings is 1. The highest BCUT2D eigenvalue weighted by Crippen LogP contribution is 2.20. The number of rotatable bonds is 2. The van der Waals surface area contributed by atoms with Crippen LogP contribution >= 0.6 is 0 Å². The number of nitrogens with zero attached hydrogens (tertiary/aromatic N) is 1. The second kappa shape index (κ2) is 5.38. The average molecular weight is 249 g/mol. The summed E-state index contributed by atoms with van der Waals surface area (Å²) in [5.74, 6) is -0.397. The molecule has 4 nitrogen and oxygen atoms in total. The lowest BCUT2D eigenvalue weighted by Crippen LogP contribution is -2.38. The van der Waals surface area contributed by atoms with E-state index < -0.39 is 5.97 Å². The average Bonchev–Trinajstić information content (AvgIpc) is 2.59. The summed E-state index contributed by atoms with van der Waals surface area (Å²) < 4.78 is 5.92. The van der Waals surface area contributed by atoms with Crippen molar-refractivity contribution in [1.29, 1.82) is 0 Å². The molecule has 0 amide bonds. The zero-order valence-electron chi connectivity index (χ0n) is 11.0. The monoisotopic (exact) mass is 249 g/mol. The molecule has 0 atom stereocenters. The van der Waals surface area contributed by atoms with Crippen LogP contribution in [0.1, 0.15) is 53.5 Å². The van der Waals surface area contributed by atoms with E-state index in [1.807, 2.05) is 6.07 Å². The maximum Gasteiger partial charge on any atom is 0.344 e. The zero-order chi connectivity index (χ0) is 13.1. The van der Waals surface area contributed by atoms with Gasteiger partial charge in [0.25, 0.3) is 0 Å². The molecule has 18 heavy (non-hydrogen) atoms. The maximum atomic E-state index is 12.2. The smallest absolute Gasteiger partial charge is 0.344 e. The molecule has 4 heteroatoms. The predicted octanol–water partition coefficient (Wildman–Crippen LogP) is 2.07. The highest BCUT2D eigenvalue weighted by atomic mass is 16.5. The Bertz CT molecular complexity index is 469. The van der Waals surface area contributed by atoms with Crippen LogP contribution < -0.4 is 4.73 Å². The summed E-state index contributed by atoms with van der Waals surface area (Å²) in [4.78, 5) is 11.8. The fraction of sp³-hybridized carbons (Fsp3) is 0.571. The summed E-state index contributed by atoms with van der Waals surface area (Å²) in [5, 5.41) is 12.2. The summed E-state index contributed by atoms with van der Waals surface area (Å²) in [6.07, 6.45) is 4.96. The van der Waals surface area contributed by atoms with Gasteiger partial charge in [-0.25, -0.2) is 4.79 Å². The highest BCUT2D eigenvalue weighted by molar-refractivity contribution is 5.90. The Morgan fingerprint density at radius 3 is 2.83 bits per heavy atom. The van der Waals surface area contributed by atoms with Crippen molar-refractivity contribution in [2.75, 3.05) is 6.61 Å². The summed E-state index contributed by atoms with van der Waals surface area (Å²) in [5.41, 5.74) is 2.70. The van der Waals surface area contributed by atoms with E-state index in [1.165, 1.54) is 0 Å². The maximum absolute atomic E-state index is 12.2. The third kappa shape index (κ3) is 2.33. The van der Waals surface area contributed by atoms with Gasteiger partial charge >= 0.3 is 5.97 Å². The molecule has 1 aromatic heterocycles. The predicted molar refractivity (Wildman–Crippen MR) is 67.4 cm³/mol. The molecule has 0 N–H and O–H groups in total. The van der Waals surface area contributed by atoms with Gasteiger partial charge < -0.3 is 9.94 Å². The molecule has 1 heterocycles. The molecule has 1 aromatic rings. The molecule has 0 aromatic carbocycles. The van der Waals surface area contributed by atoms with Crippen LogP contribution in [0.15, 0.2) is 6.07 Å². The molecule has 0 unspecified atom stereocenters. The van der Waals surface area contributed by atoms with Crippen molar-refractivity contribution in [3.63, 3.8) is 0 Å². The number of carbonyl (C=O) groups excluding carboxylic acids is 1. The summed E-state index contributed by atoms with van der Waals surface area (Å²) in [6, 6.07) is 1.85. The summed E-state index contributed by atoms with van der Waals surface area (Å²) in [7, 11) is 0. The van der Waals surface area contributed by atoms with Crippen LogP contribution in [0.4, 0.5) is 0 Å². The van der Waals surface area contributed by atoms with E-state index in [0.29, 0.717) is 17.9 Å². The van der Waals surface area contributed by atoms with Gasteiger partial charge in [-0.15, -0.1) is 0 Å². The van der Waals surface area contributed by atoms with E-state index in [0.717, 1.165) is 48.1 Å². The van der Waals surface area contributed by atoms with Crippen molar-refractivity contribution in [2.45, 2.75) is 46.0 Å². The molecule has 0 spiro atoms. The Labute approximate surface area is 107 Å². The molecule has 1 aliphatic rings. The van der Waals surface area contributed by atoms with Crippen LogP contribution in [0.2, 0.25) is 0 Å². The Hall–Kier alpha value is -1.58. The largest absolute Gasteiger partial charge is 0.618 e. The van der Waals surface area contributed by atoms with Crippen LogP contribution in [-0.2, 0) is 17.6 Å². The Morgan fingerprint density at radius 1 is 1.39 bits per heavy atom. The molecule has 0 bridgehead atoms. The quantitative estimate of drug-likeness (QED) is 0.349.